The summed E-state index contributed by atoms with van der Waals surface area (Å²) in [6, 6.07) is 7.00. The molecule has 0 aliphatic rings. The second-order valence-electron chi connectivity index (χ2n) is 4.82. The lowest BCUT2D eigenvalue weighted by atomic mass is 10.00. The van der Waals surface area contributed by atoms with Crippen molar-refractivity contribution in [2.24, 2.45) is 0 Å². The van der Waals surface area contributed by atoms with E-state index in [0.717, 1.165) is 0 Å². The van der Waals surface area contributed by atoms with E-state index in [1.807, 2.05) is 0 Å². The smallest absolute Gasteiger partial charge is 0.336 e. The molecule has 3 aromatic rings. The van der Waals surface area contributed by atoms with Crippen LogP contribution in [0.5, 0.6) is 5.75 Å². The number of ether oxygens (including phenoxy) is 1. The maximum absolute atomic E-state index is 12.6. The fourth-order valence-corrected chi connectivity index (χ4v) is 2.82. The first kappa shape index (κ1) is 14.9. The normalized spacial score (nSPS) is 11.8. The van der Waals surface area contributed by atoms with Crippen molar-refractivity contribution in [3.63, 3.8) is 0 Å². The summed E-state index contributed by atoms with van der Waals surface area (Å²) < 4.78 is 4.83. The molecule has 0 saturated heterocycles. The zero-order valence-electron chi connectivity index (χ0n) is 11.9. The molecule has 0 amide bonds. The van der Waals surface area contributed by atoms with Gasteiger partial charge in [0.2, 0.25) is 0 Å². The summed E-state index contributed by atoms with van der Waals surface area (Å²) in [5, 5.41) is 19.1. The minimum absolute atomic E-state index is 0.0154. The molecular formula is C17H6N2O5. The van der Waals surface area contributed by atoms with Crippen LogP contribution in [0, 0.1) is 17.9 Å². The van der Waals surface area contributed by atoms with Gasteiger partial charge >= 0.3 is 5.97 Å². The molecule has 7 heteroatoms. The van der Waals surface area contributed by atoms with Gasteiger partial charge in [0.25, 0.3) is 12.2 Å². The molecule has 0 aromatic heterocycles. The SMILES string of the molecule is [C-]#[N+]/C(C#N)=c1\c(=O)c2ccc(OC=O)c3c(C(=O)O)ccc1c32. The molecule has 0 fully saturated rings. The van der Waals surface area contributed by atoms with Crippen molar-refractivity contribution in [2.45, 2.75) is 0 Å². The van der Waals surface area contributed by atoms with Crippen molar-refractivity contribution >= 4 is 39.7 Å². The van der Waals surface area contributed by atoms with E-state index in [2.05, 4.69) is 4.85 Å². The number of rotatable bonds is 3. The molecule has 1 N–H and O–H groups in total. The first-order chi connectivity index (χ1) is 11.5. The van der Waals surface area contributed by atoms with Gasteiger partial charge < -0.3 is 9.84 Å². The molecule has 0 heterocycles. The predicted octanol–water partition coefficient (Wildman–Crippen LogP) is 1.29. The summed E-state index contributed by atoms with van der Waals surface area (Å²) in [6.45, 7) is 7.22. The summed E-state index contributed by atoms with van der Waals surface area (Å²) in [7, 11) is 0. The number of carbonyl (C=O) groups is 2. The van der Waals surface area contributed by atoms with E-state index in [0.29, 0.717) is 0 Å². The third kappa shape index (κ3) is 1.86. The van der Waals surface area contributed by atoms with Gasteiger partial charge in [-0.1, -0.05) is 6.07 Å². The summed E-state index contributed by atoms with van der Waals surface area (Å²) in [5.41, 5.74) is -1.07. The van der Waals surface area contributed by atoms with Crippen LogP contribution in [-0.4, -0.2) is 17.5 Å². The van der Waals surface area contributed by atoms with Gasteiger partial charge in [-0.2, -0.15) is 0 Å². The van der Waals surface area contributed by atoms with Gasteiger partial charge in [-0.05, 0) is 23.6 Å². The van der Waals surface area contributed by atoms with Crippen LogP contribution in [0.25, 0.3) is 32.1 Å². The highest BCUT2D eigenvalue weighted by molar-refractivity contribution is 6.20. The lowest BCUT2D eigenvalue weighted by Gasteiger charge is -2.08. The Hall–Kier alpha value is -3.97. The van der Waals surface area contributed by atoms with Crippen LogP contribution in [0.15, 0.2) is 29.1 Å². The number of hydrogen-bond donors (Lipinski definition) is 1. The third-order valence-electron chi connectivity index (χ3n) is 3.72. The van der Waals surface area contributed by atoms with Gasteiger partial charge in [0.1, 0.15) is 5.75 Å². The molecule has 0 unspecified atom stereocenters. The van der Waals surface area contributed by atoms with Crippen LogP contribution in [0.2, 0.25) is 0 Å². The number of hydrogen-bond acceptors (Lipinski definition) is 5. The quantitative estimate of drug-likeness (QED) is 0.576. The van der Waals surface area contributed by atoms with Crippen LogP contribution in [0.4, 0.5) is 0 Å². The Bertz CT molecular complexity index is 1200. The number of nitrogens with zero attached hydrogens (tertiary/aromatic N) is 2. The van der Waals surface area contributed by atoms with Gasteiger partial charge in [-0.15, -0.1) is 0 Å². The van der Waals surface area contributed by atoms with Crippen molar-refractivity contribution in [2.75, 3.05) is 0 Å². The second kappa shape index (κ2) is 5.34. The molecule has 0 aliphatic carbocycles. The van der Waals surface area contributed by atoms with Crippen molar-refractivity contribution < 1.29 is 19.4 Å². The van der Waals surface area contributed by atoms with E-state index in [-0.39, 0.29) is 50.2 Å². The zero-order chi connectivity index (χ0) is 17.4. The molecule has 3 rings (SSSR count). The molecular weight excluding hydrogens is 312 g/mol. The Morgan fingerprint density at radius 1 is 1.25 bits per heavy atom. The third-order valence-corrected chi connectivity index (χ3v) is 3.72. The number of carboxylic acids is 1. The number of carboxylic acid groups (broad SMARTS) is 1. The average Bonchev–Trinajstić information content (AvgIpc) is 2.85. The van der Waals surface area contributed by atoms with Gasteiger partial charge in [0.05, 0.1) is 18.2 Å². The average molecular weight is 318 g/mol. The van der Waals surface area contributed by atoms with E-state index < -0.39 is 11.4 Å². The van der Waals surface area contributed by atoms with Gasteiger partial charge in [0.15, 0.2) is 5.43 Å². The lowest BCUT2D eigenvalue weighted by molar-refractivity contribution is -0.120. The minimum Gasteiger partial charge on any atom is -0.478 e. The molecule has 7 nitrogen and oxygen atoms in total. The van der Waals surface area contributed by atoms with E-state index in [1.54, 1.807) is 6.07 Å². The lowest BCUT2D eigenvalue weighted by Crippen LogP contribution is -2.21. The Labute approximate surface area is 133 Å². The second-order valence-corrected chi connectivity index (χ2v) is 4.82. The Morgan fingerprint density at radius 3 is 2.54 bits per heavy atom. The maximum atomic E-state index is 12.6. The first-order valence-electron chi connectivity index (χ1n) is 6.55. The number of carbonyl (C=O) groups excluding carboxylic acids is 1. The molecule has 0 aliphatic heterocycles. The number of nitriles is 1. The molecule has 0 radical (unpaired) electrons. The number of aromatic carboxylic acids is 1. The fourth-order valence-electron chi connectivity index (χ4n) is 2.82. The van der Waals surface area contributed by atoms with Crippen molar-refractivity contribution in [3.05, 3.63) is 56.7 Å². The zero-order valence-corrected chi connectivity index (χ0v) is 11.9. The van der Waals surface area contributed by atoms with Crippen molar-refractivity contribution in [1.82, 2.24) is 0 Å². The summed E-state index contributed by atoms with van der Waals surface area (Å²) in [4.78, 5) is 37.8. The Kier molecular flexibility index (Phi) is 3.33. The largest absolute Gasteiger partial charge is 0.478 e. The van der Waals surface area contributed by atoms with Gasteiger partial charge in [-0.25, -0.2) is 14.9 Å². The highest BCUT2D eigenvalue weighted by Crippen LogP contribution is 2.34. The molecule has 114 valence electrons. The summed E-state index contributed by atoms with van der Waals surface area (Å²) >= 11 is 0. The van der Waals surface area contributed by atoms with Crippen molar-refractivity contribution in [3.8, 4) is 11.8 Å². The topological polar surface area (TPSA) is 109 Å². The van der Waals surface area contributed by atoms with Crippen LogP contribution in [0.3, 0.4) is 0 Å². The summed E-state index contributed by atoms with van der Waals surface area (Å²) in [5.74, 6) is -1.27. The van der Waals surface area contributed by atoms with Crippen LogP contribution < -0.4 is 15.4 Å². The van der Waals surface area contributed by atoms with E-state index >= 15 is 0 Å². The van der Waals surface area contributed by atoms with Gasteiger partial charge in [-0.3, -0.25) is 9.59 Å². The maximum Gasteiger partial charge on any atom is 0.336 e. The molecule has 24 heavy (non-hydrogen) atoms. The van der Waals surface area contributed by atoms with E-state index in [1.165, 1.54) is 24.3 Å². The van der Waals surface area contributed by atoms with E-state index in [4.69, 9.17) is 16.6 Å². The predicted molar refractivity (Wildman–Crippen MR) is 83.4 cm³/mol. The molecule has 0 bridgehead atoms. The molecule has 0 saturated carbocycles. The fraction of sp³-hybridized carbons (Fsp3) is 0. The molecule has 0 atom stereocenters. The Morgan fingerprint density at radius 2 is 1.96 bits per heavy atom. The van der Waals surface area contributed by atoms with Crippen LogP contribution >= 0.6 is 0 Å². The molecule has 3 aromatic carbocycles. The first-order valence-corrected chi connectivity index (χ1v) is 6.55. The molecule has 0 spiro atoms. The highest BCUT2D eigenvalue weighted by atomic mass is 16.5. The standard InChI is InChI=1S/C17H6N2O5/c1-19-11(6-18)14-8-2-3-10(17(22)23)15-12(24-7-20)5-4-9(13(8)15)16(14)21/h2-5,7H,(H,22,23)/b14-11-. The van der Waals surface area contributed by atoms with Crippen LogP contribution in [0.1, 0.15) is 10.4 Å². The van der Waals surface area contributed by atoms with Crippen LogP contribution in [-0.2, 0) is 4.79 Å². The highest BCUT2D eigenvalue weighted by Gasteiger charge is 2.21. The minimum atomic E-state index is -1.26. The number of benzene rings is 2. The summed E-state index contributed by atoms with van der Waals surface area (Å²) in [6.07, 6.45) is 0. The monoisotopic (exact) mass is 318 g/mol. The Balaban J connectivity index is 2.73. The van der Waals surface area contributed by atoms with Gasteiger partial charge in [0, 0.05) is 21.4 Å². The van der Waals surface area contributed by atoms with E-state index in [9.17, 15) is 19.5 Å². The van der Waals surface area contributed by atoms with Crippen molar-refractivity contribution in [1.29, 1.82) is 5.26 Å².